The van der Waals surface area contributed by atoms with Gasteiger partial charge in [0.2, 0.25) is 0 Å². The monoisotopic (exact) mass is 275 g/mol. The summed E-state index contributed by atoms with van der Waals surface area (Å²) in [6, 6.07) is 6.62. The van der Waals surface area contributed by atoms with E-state index in [1.54, 1.807) is 29.2 Å². The van der Waals surface area contributed by atoms with Crippen LogP contribution in [0.25, 0.3) is 0 Å². The summed E-state index contributed by atoms with van der Waals surface area (Å²) in [5, 5.41) is 0. The Balaban J connectivity index is 1.73. The largest absolute Gasteiger partial charge is 0.491 e. The van der Waals surface area contributed by atoms with Gasteiger partial charge in [0.25, 0.3) is 5.91 Å². The van der Waals surface area contributed by atoms with Gasteiger partial charge in [0, 0.05) is 12.0 Å². The average Bonchev–Trinajstić information content (AvgIpc) is 2.97. The number of hydrogen-bond acceptors (Lipinski definition) is 4. The van der Waals surface area contributed by atoms with Crippen molar-refractivity contribution < 1.29 is 19.1 Å². The molecule has 0 aromatic heterocycles. The van der Waals surface area contributed by atoms with Crippen LogP contribution in [0.2, 0.25) is 0 Å². The van der Waals surface area contributed by atoms with Gasteiger partial charge in [-0.1, -0.05) is 0 Å². The fourth-order valence-electron chi connectivity index (χ4n) is 2.69. The van der Waals surface area contributed by atoms with Gasteiger partial charge in [0.15, 0.2) is 0 Å². The van der Waals surface area contributed by atoms with Crippen molar-refractivity contribution >= 4 is 11.9 Å². The summed E-state index contributed by atoms with van der Waals surface area (Å²) < 4.78 is 10.6. The van der Waals surface area contributed by atoms with Crippen molar-refractivity contribution in [3.8, 4) is 5.75 Å². The van der Waals surface area contributed by atoms with E-state index in [1.165, 1.54) is 0 Å². The van der Waals surface area contributed by atoms with Crippen LogP contribution in [0.3, 0.4) is 0 Å². The van der Waals surface area contributed by atoms with Crippen LogP contribution < -0.4 is 4.74 Å². The molecule has 20 heavy (non-hydrogen) atoms. The van der Waals surface area contributed by atoms with E-state index in [9.17, 15) is 9.59 Å². The summed E-state index contributed by atoms with van der Waals surface area (Å²) >= 11 is 0. The lowest BCUT2D eigenvalue weighted by Crippen LogP contribution is -2.44. The quantitative estimate of drug-likeness (QED) is 0.786. The molecule has 0 saturated carbocycles. The normalized spacial score (nSPS) is 24.1. The molecule has 2 aliphatic heterocycles. The molecule has 5 heteroatoms. The van der Waals surface area contributed by atoms with Crippen LogP contribution in [-0.2, 0) is 9.53 Å². The van der Waals surface area contributed by atoms with E-state index in [0.29, 0.717) is 18.5 Å². The summed E-state index contributed by atoms with van der Waals surface area (Å²) in [6.07, 6.45) is 0.597. The highest BCUT2D eigenvalue weighted by atomic mass is 16.6. The summed E-state index contributed by atoms with van der Waals surface area (Å²) in [5.74, 6) is 0.332. The molecule has 2 atom stereocenters. The zero-order chi connectivity index (χ0) is 14.3. The van der Waals surface area contributed by atoms with Crippen LogP contribution in [0.1, 0.15) is 30.6 Å². The van der Waals surface area contributed by atoms with Crippen LogP contribution in [0.5, 0.6) is 5.75 Å². The van der Waals surface area contributed by atoms with Gasteiger partial charge in [-0.2, -0.15) is 0 Å². The van der Waals surface area contributed by atoms with Crippen LogP contribution in [0.15, 0.2) is 24.3 Å². The first-order valence-corrected chi connectivity index (χ1v) is 6.83. The van der Waals surface area contributed by atoms with Crippen LogP contribution >= 0.6 is 0 Å². The van der Waals surface area contributed by atoms with Crippen molar-refractivity contribution in [1.29, 1.82) is 0 Å². The smallest absolute Gasteiger partial charge is 0.329 e. The molecule has 0 aliphatic carbocycles. The first kappa shape index (κ1) is 13.0. The van der Waals surface area contributed by atoms with E-state index < -0.39 is 6.04 Å². The van der Waals surface area contributed by atoms with Gasteiger partial charge in [-0.25, -0.2) is 4.79 Å². The lowest BCUT2D eigenvalue weighted by Gasteiger charge is -2.25. The topological polar surface area (TPSA) is 55.8 Å². The molecule has 0 radical (unpaired) electrons. The van der Waals surface area contributed by atoms with Crippen molar-refractivity contribution in [2.45, 2.75) is 38.5 Å². The van der Waals surface area contributed by atoms with Gasteiger partial charge in [0.05, 0.1) is 12.6 Å². The number of esters is 1. The molecule has 2 unspecified atom stereocenters. The Morgan fingerprint density at radius 1 is 1.35 bits per heavy atom. The number of hydrogen-bond donors (Lipinski definition) is 0. The Kier molecular flexibility index (Phi) is 3.12. The second-order valence-electron chi connectivity index (χ2n) is 5.46. The maximum Gasteiger partial charge on any atom is 0.329 e. The molecular weight excluding hydrogens is 258 g/mol. The molecule has 3 rings (SSSR count). The average molecular weight is 275 g/mol. The van der Waals surface area contributed by atoms with Crippen molar-refractivity contribution in [2.75, 3.05) is 6.54 Å². The zero-order valence-electron chi connectivity index (χ0n) is 11.5. The standard InChI is InChI=1S/C15H17NO4/c1-9(2)19-11-5-3-10(4-6-11)14(17)16-8-12-7-13(16)15(18)20-12/h3-6,9,12-13H,7-8H2,1-2H3. The Labute approximate surface area is 117 Å². The number of morpholine rings is 1. The van der Waals surface area contributed by atoms with Crippen molar-refractivity contribution in [3.63, 3.8) is 0 Å². The molecule has 2 fully saturated rings. The number of benzene rings is 1. The minimum absolute atomic E-state index is 0.0978. The van der Waals surface area contributed by atoms with Gasteiger partial charge in [-0.15, -0.1) is 0 Å². The summed E-state index contributed by atoms with van der Waals surface area (Å²) in [4.78, 5) is 25.5. The van der Waals surface area contributed by atoms with E-state index in [-0.39, 0.29) is 24.1 Å². The van der Waals surface area contributed by atoms with Crippen LogP contribution in [0.4, 0.5) is 0 Å². The van der Waals surface area contributed by atoms with Crippen molar-refractivity contribution in [2.24, 2.45) is 0 Å². The van der Waals surface area contributed by atoms with E-state index in [2.05, 4.69) is 0 Å². The third-order valence-electron chi connectivity index (χ3n) is 3.55. The second-order valence-corrected chi connectivity index (χ2v) is 5.46. The minimum atomic E-state index is -0.404. The van der Waals surface area contributed by atoms with Crippen LogP contribution in [-0.4, -0.2) is 41.6 Å². The Morgan fingerprint density at radius 2 is 2.05 bits per heavy atom. The number of amides is 1. The Hall–Kier alpha value is -2.04. The highest BCUT2D eigenvalue weighted by Gasteiger charge is 2.48. The molecule has 5 nitrogen and oxygen atoms in total. The third-order valence-corrected chi connectivity index (χ3v) is 3.55. The molecule has 2 bridgehead atoms. The van der Waals surface area contributed by atoms with Crippen molar-refractivity contribution in [3.05, 3.63) is 29.8 Å². The number of nitrogens with zero attached hydrogens (tertiary/aromatic N) is 1. The second kappa shape index (κ2) is 4.81. The molecule has 0 spiro atoms. The number of fused-ring (bicyclic) bond motifs is 2. The molecule has 2 heterocycles. The molecule has 2 aliphatic rings. The fraction of sp³-hybridized carbons (Fsp3) is 0.467. The highest BCUT2D eigenvalue weighted by molar-refractivity contribution is 5.98. The van der Waals surface area contributed by atoms with E-state index in [4.69, 9.17) is 9.47 Å². The fourth-order valence-corrected chi connectivity index (χ4v) is 2.69. The van der Waals surface area contributed by atoms with Gasteiger partial charge in [-0.05, 0) is 38.1 Å². The highest BCUT2D eigenvalue weighted by Crippen LogP contribution is 2.30. The number of carbonyl (C=O) groups excluding carboxylic acids is 2. The van der Waals surface area contributed by atoms with Crippen molar-refractivity contribution in [1.82, 2.24) is 4.90 Å². The first-order chi connectivity index (χ1) is 9.54. The molecule has 1 aromatic rings. The molecule has 106 valence electrons. The molecular formula is C15H17NO4. The SMILES string of the molecule is CC(C)Oc1ccc(C(=O)N2CC3CC2C(=O)O3)cc1. The number of carbonyl (C=O) groups is 2. The van der Waals surface area contributed by atoms with E-state index >= 15 is 0 Å². The van der Waals surface area contributed by atoms with Gasteiger partial charge < -0.3 is 14.4 Å². The summed E-state index contributed by atoms with van der Waals surface area (Å²) in [6.45, 7) is 4.40. The Bertz CT molecular complexity index is 537. The summed E-state index contributed by atoms with van der Waals surface area (Å²) in [7, 11) is 0. The molecule has 1 aromatic carbocycles. The molecule has 1 amide bonds. The third kappa shape index (κ3) is 2.24. The number of ether oxygens (including phenoxy) is 2. The minimum Gasteiger partial charge on any atom is -0.491 e. The van der Waals surface area contributed by atoms with Gasteiger partial charge in [0.1, 0.15) is 17.9 Å². The van der Waals surface area contributed by atoms with E-state index in [1.807, 2.05) is 13.8 Å². The summed E-state index contributed by atoms with van der Waals surface area (Å²) in [5.41, 5.74) is 0.571. The maximum atomic E-state index is 12.4. The number of rotatable bonds is 3. The van der Waals surface area contributed by atoms with E-state index in [0.717, 1.165) is 5.75 Å². The van der Waals surface area contributed by atoms with Crippen LogP contribution in [0, 0.1) is 0 Å². The first-order valence-electron chi connectivity index (χ1n) is 6.83. The number of likely N-dealkylation sites (tertiary alicyclic amines) is 1. The van der Waals surface area contributed by atoms with Gasteiger partial charge >= 0.3 is 5.97 Å². The lowest BCUT2D eigenvalue weighted by molar-refractivity contribution is -0.149. The predicted molar refractivity (Wildman–Crippen MR) is 71.5 cm³/mol. The predicted octanol–water partition coefficient (Wildman–Crippen LogP) is 1.61. The van der Waals surface area contributed by atoms with Gasteiger partial charge in [-0.3, -0.25) is 4.79 Å². The zero-order valence-corrected chi connectivity index (χ0v) is 11.5. The lowest BCUT2D eigenvalue weighted by atomic mass is 10.1. The maximum absolute atomic E-state index is 12.4. The molecule has 2 saturated heterocycles. The Morgan fingerprint density at radius 3 is 2.60 bits per heavy atom. The molecule has 0 N–H and O–H groups in total.